The van der Waals surface area contributed by atoms with Crippen molar-refractivity contribution in [2.24, 2.45) is 5.92 Å². The van der Waals surface area contributed by atoms with Crippen LogP contribution in [0.15, 0.2) is 48.5 Å². The van der Waals surface area contributed by atoms with Crippen LogP contribution in [-0.4, -0.2) is 40.9 Å². The van der Waals surface area contributed by atoms with Gasteiger partial charge in [-0.3, -0.25) is 14.4 Å². The summed E-state index contributed by atoms with van der Waals surface area (Å²) >= 11 is 0. The van der Waals surface area contributed by atoms with E-state index in [0.717, 1.165) is 5.56 Å². The molecule has 0 saturated carbocycles. The van der Waals surface area contributed by atoms with Gasteiger partial charge in [0.05, 0.1) is 5.92 Å². The van der Waals surface area contributed by atoms with Gasteiger partial charge in [0.15, 0.2) is 0 Å². The number of amides is 2. The van der Waals surface area contributed by atoms with Crippen molar-refractivity contribution in [3.8, 4) is 0 Å². The van der Waals surface area contributed by atoms with Crippen molar-refractivity contribution in [1.29, 1.82) is 0 Å². The molecule has 0 spiro atoms. The average molecular weight is 394 g/mol. The molecule has 1 fully saturated rings. The Labute approximate surface area is 170 Å². The molecule has 0 bridgehead atoms. The van der Waals surface area contributed by atoms with Crippen LogP contribution < -0.4 is 5.32 Å². The molecule has 2 aromatic rings. The fourth-order valence-electron chi connectivity index (χ4n) is 3.56. The Kier molecular flexibility index (Phi) is 6.65. The van der Waals surface area contributed by atoms with Crippen LogP contribution in [0.4, 0.5) is 5.69 Å². The number of likely N-dealkylation sites (tertiary alicyclic amines) is 1. The van der Waals surface area contributed by atoms with Crippen LogP contribution >= 0.6 is 0 Å². The highest BCUT2D eigenvalue weighted by Crippen LogP contribution is 2.20. The molecule has 2 N–H and O–H groups in total. The quantitative estimate of drug-likeness (QED) is 0.785. The number of anilines is 1. The molecular weight excluding hydrogens is 368 g/mol. The van der Waals surface area contributed by atoms with E-state index in [1.54, 1.807) is 29.2 Å². The Morgan fingerprint density at radius 3 is 2.38 bits per heavy atom. The van der Waals surface area contributed by atoms with Crippen LogP contribution in [0, 0.1) is 12.8 Å². The lowest BCUT2D eigenvalue weighted by Crippen LogP contribution is -2.40. The molecule has 0 radical (unpaired) electrons. The van der Waals surface area contributed by atoms with Gasteiger partial charge >= 0.3 is 5.97 Å². The zero-order valence-electron chi connectivity index (χ0n) is 16.6. The van der Waals surface area contributed by atoms with Crippen LogP contribution in [-0.2, 0) is 16.0 Å². The molecule has 2 amide bonds. The minimum atomic E-state index is -0.792. The van der Waals surface area contributed by atoms with E-state index < -0.39 is 5.97 Å². The smallest absolute Gasteiger partial charge is 0.306 e. The van der Waals surface area contributed by atoms with Crippen molar-refractivity contribution in [3.63, 3.8) is 0 Å². The minimum absolute atomic E-state index is 0.0682. The number of nitrogens with zero attached hydrogens (tertiary/aromatic N) is 1. The van der Waals surface area contributed by atoms with E-state index >= 15 is 0 Å². The maximum atomic E-state index is 12.6. The fourth-order valence-corrected chi connectivity index (χ4v) is 3.56. The fraction of sp³-hybridized carbons (Fsp3) is 0.348. The van der Waals surface area contributed by atoms with Gasteiger partial charge in [-0.1, -0.05) is 29.8 Å². The van der Waals surface area contributed by atoms with Crippen molar-refractivity contribution < 1.29 is 19.5 Å². The molecule has 0 atom stereocenters. The molecule has 3 rings (SSSR count). The van der Waals surface area contributed by atoms with Crippen molar-refractivity contribution in [2.45, 2.75) is 32.6 Å². The standard InChI is InChI=1S/C23H26N2O4/c1-16-3-2-4-17(15-16)5-10-21(26)24-20-8-6-18(7-9-20)22(27)25-13-11-19(12-14-25)23(28)29/h2-4,6-9,15,19H,5,10-14H2,1H3,(H,24,26)(H,28,29). The van der Waals surface area contributed by atoms with Gasteiger partial charge in [0.25, 0.3) is 5.91 Å². The second-order valence-electron chi connectivity index (χ2n) is 7.52. The largest absolute Gasteiger partial charge is 0.481 e. The summed E-state index contributed by atoms with van der Waals surface area (Å²) < 4.78 is 0. The molecule has 29 heavy (non-hydrogen) atoms. The number of carboxylic acids is 1. The summed E-state index contributed by atoms with van der Waals surface area (Å²) in [6.45, 7) is 2.93. The number of carboxylic acid groups (broad SMARTS) is 1. The van der Waals surface area contributed by atoms with E-state index in [1.165, 1.54) is 5.56 Å². The van der Waals surface area contributed by atoms with E-state index in [4.69, 9.17) is 5.11 Å². The summed E-state index contributed by atoms with van der Waals surface area (Å²) in [5.74, 6) is -1.33. The number of rotatable bonds is 6. The molecule has 1 aliphatic rings. The van der Waals surface area contributed by atoms with Crippen molar-refractivity contribution in [2.75, 3.05) is 18.4 Å². The number of carbonyl (C=O) groups is 3. The third-order valence-electron chi connectivity index (χ3n) is 5.27. The second-order valence-corrected chi connectivity index (χ2v) is 7.52. The minimum Gasteiger partial charge on any atom is -0.481 e. The van der Waals surface area contributed by atoms with Gasteiger partial charge in [0.1, 0.15) is 0 Å². The van der Waals surface area contributed by atoms with E-state index in [0.29, 0.717) is 50.0 Å². The van der Waals surface area contributed by atoms with E-state index in [1.807, 2.05) is 25.1 Å². The highest BCUT2D eigenvalue weighted by Gasteiger charge is 2.27. The maximum Gasteiger partial charge on any atom is 0.306 e. The van der Waals surface area contributed by atoms with E-state index in [-0.39, 0.29) is 17.7 Å². The van der Waals surface area contributed by atoms with Crippen molar-refractivity contribution in [1.82, 2.24) is 4.90 Å². The summed E-state index contributed by atoms with van der Waals surface area (Å²) in [6, 6.07) is 14.9. The van der Waals surface area contributed by atoms with Crippen LogP contribution in [0.1, 0.15) is 40.7 Å². The number of aryl methyl sites for hydroxylation is 2. The highest BCUT2D eigenvalue weighted by molar-refractivity contribution is 5.96. The van der Waals surface area contributed by atoms with Gasteiger partial charge in [0.2, 0.25) is 5.91 Å². The Morgan fingerprint density at radius 2 is 1.76 bits per heavy atom. The first kappa shape index (κ1) is 20.6. The number of piperidine rings is 1. The first-order chi connectivity index (χ1) is 13.9. The third-order valence-corrected chi connectivity index (χ3v) is 5.27. The molecule has 6 heteroatoms. The third kappa shape index (κ3) is 5.67. The summed E-state index contributed by atoms with van der Waals surface area (Å²) in [4.78, 5) is 37.5. The monoisotopic (exact) mass is 394 g/mol. The topological polar surface area (TPSA) is 86.7 Å². The first-order valence-electron chi connectivity index (χ1n) is 9.90. The lowest BCUT2D eigenvalue weighted by molar-refractivity contribution is -0.143. The molecular formula is C23H26N2O4. The highest BCUT2D eigenvalue weighted by atomic mass is 16.4. The number of aliphatic carboxylic acids is 1. The van der Waals surface area contributed by atoms with Gasteiger partial charge in [-0.15, -0.1) is 0 Å². The Morgan fingerprint density at radius 1 is 1.07 bits per heavy atom. The number of hydrogen-bond donors (Lipinski definition) is 2. The van der Waals surface area contributed by atoms with Gasteiger partial charge < -0.3 is 15.3 Å². The van der Waals surface area contributed by atoms with Crippen LogP contribution in [0.2, 0.25) is 0 Å². The van der Waals surface area contributed by atoms with Gasteiger partial charge in [-0.05, 0) is 56.0 Å². The molecule has 0 unspecified atom stereocenters. The first-order valence-corrected chi connectivity index (χ1v) is 9.90. The van der Waals surface area contributed by atoms with Gasteiger partial charge in [-0.25, -0.2) is 0 Å². The molecule has 0 aromatic heterocycles. The maximum absolute atomic E-state index is 12.6. The van der Waals surface area contributed by atoms with Gasteiger partial charge in [0, 0.05) is 30.8 Å². The van der Waals surface area contributed by atoms with Crippen LogP contribution in [0.25, 0.3) is 0 Å². The molecule has 1 aliphatic heterocycles. The molecule has 152 valence electrons. The van der Waals surface area contributed by atoms with Crippen LogP contribution in [0.3, 0.4) is 0 Å². The van der Waals surface area contributed by atoms with E-state index in [2.05, 4.69) is 11.4 Å². The predicted molar refractivity (Wildman–Crippen MR) is 111 cm³/mol. The molecule has 1 saturated heterocycles. The Hall–Kier alpha value is -3.15. The van der Waals surface area contributed by atoms with Gasteiger partial charge in [-0.2, -0.15) is 0 Å². The van der Waals surface area contributed by atoms with Crippen LogP contribution in [0.5, 0.6) is 0 Å². The lowest BCUT2D eigenvalue weighted by Gasteiger charge is -2.30. The van der Waals surface area contributed by atoms with E-state index in [9.17, 15) is 14.4 Å². The summed E-state index contributed by atoms with van der Waals surface area (Å²) in [6.07, 6.45) is 2.03. The zero-order chi connectivity index (χ0) is 20.8. The predicted octanol–water partition coefficient (Wildman–Crippen LogP) is 3.50. The lowest BCUT2D eigenvalue weighted by atomic mass is 9.96. The number of carbonyl (C=O) groups excluding carboxylic acids is 2. The molecule has 2 aromatic carbocycles. The SMILES string of the molecule is Cc1cccc(CCC(=O)Nc2ccc(C(=O)N3CCC(C(=O)O)CC3)cc2)c1. The number of benzene rings is 2. The normalized spacial score (nSPS) is 14.4. The summed E-state index contributed by atoms with van der Waals surface area (Å²) in [7, 11) is 0. The number of hydrogen-bond acceptors (Lipinski definition) is 3. The van der Waals surface area contributed by atoms with Crippen molar-refractivity contribution in [3.05, 3.63) is 65.2 Å². The molecule has 1 heterocycles. The zero-order valence-corrected chi connectivity index (χ0v) is 16.6. The Balaban J connectivity index is 1.50. The summed E-state index contributed by atoms with van der Waals surface area (Å²) in [5, 5.41) is 11.9. The molecule has 6 nitrogen and oxygen atoms in total. The summed E-state index contributed by atoms with van der Waals surface area (Å²) in [5.41, 5.74) is 3.50. The average Bonchev–Trinajstić information content (AvgIpc) is 2.72. The molecule has 0 aliphatic carbocycles. The second kappa shape index (κ2) is 9.37. The Bertz CT molecular complexity index is 884. The van der Waals surface area contributed by atoms with Crippen molar-refractivity contribution >= 4 is 23.5 Å². The number of nitrogens with one attached hydrogen (secondary N) is 1.